The molecule has 1 aromatic heterocycles. The van der Waals surface area contributed by atoms with E-state index in [9.17, 15) is 4.39 Å². The summed E-state index contributed by atoms with van der Waals surface area (Å²) in [4.78, 5) is 5.30. The Morgan fingerprint density at radius 2 is 2.05 bits per heavy atom. The van der Waals surface area contributed by atoms with Crippen molar-refractivity contribution in [2.24, 2.45) is 21.7 Å². The summed E-state index contributed by atoms with van der Waals surface area (Å²) in [6, 6.07) is 6.32. The maximum Gasteiger partial charge on any atom is 0.211 e. The molecule has 0 spiro atoms. The second-order valence-electron chi connectivity index (χ2n) is 4.15. The van der Waals surface area contributed by atoms with E-state index >= 15 is 0 Å². The van der Waals surface area contributed by atoms with Gasteiger partial charge in [-0.1, -0.05) is 12.1 Å². The molecule has 0 bridgehead atoms. The highest BCUT2D eigenvalue weighted by molar-refractivity contribution is 7.17. The van der Waals surface area contributed by atoms with Crippen molar-refractivity contribution in [3.05, 3.63) is 40.7 Å². The summed E-state index contributed by atoms with van der Waals surface area (Å²) in [6.45, 7) is 3.66. The number of nitrogens with two attached hydrogens (primary N) is 2. The van der Waals surface area contributed by atoms with Crippen molar-refractivity contribution < 1.29 is 4.39 Å². The van der Waals surface area contributed by atoms with E-state index in [2.05, 4.69) is 15.2 Å². The van der Waals surface area contributed by atoms with Crippen molar-refractivity contribution in [2.45, 2.75) is 13.8 Å². The zero-order valence-corrected chi connectivity index (χ0v) is 11.9. The molecule has 0 atom stereocenters. The van der Waals surface area contributed by atoms with E-state index in [1.807, 2.05) is 13.0 Å². The van der Waals surface area contributed by atoms with Gasteiger partial charge in [0.25, 0.3) is 0 Å². The minimum Gasteiger partial charge on any atom is -0.369 e. The summed E-state index contributed by atoms with van der Waals surface area (Å²) in [5, 5.41) is 8.28. The van der Waals surface area contributed by atoms with Crippen LogP contribution < -0.4 is 11.5 Å². The van der Waals surface area contributed by atoms with Crippen LogP contribution in [0.1, 0.15) is 17.5 Å². The van der Waals surface area contributed by atoms with Crippen LogP contribution in [-0.2, 0) is 0 Å². The van der Waals surface area contributed by atoms with Crippen LogP contribution in [0.5, 0.6) is 0 Å². The van der Waals surface area contributed by atoms with E-state index in [0.29, 0.717) is 5.71 Å². The molecule has 0 aliphatic heterocycles. The van der Waals surface area contributed by atoms with E-state index in [1.54, 1.807) is 13.0 Å². The molecule has 0 aliphatic rings. The first-order valence-electron chi connectivity index (χ1n) is 5.84. The highest BCUT2D eigenvalue weighted by atomic mass is 32.1. The Kier molecular flexibility index (Phi) is 4.09. The molecule has 0 aliphatic carbocycles. The fourth-order valence-corrected chi connectivity index (χ4v) is 2.66. The Morgan fingerprint density at radius 1 is 1.30 bits per heavy atom. The molecule has 104 valence electrons. The number of hydrogen-bond donors (Lipinski definition) is 2. The van der Waals surface area contributed by atoms with Gasteiger partial charge in [-0.15, -0.1) is 16.4 Å². The third-order valence-electron chi connectivity index (χ3n) is 2.51. The van der Waals surface area contributed by atoms with Gasteiger partial charge in [0.15, 0.2) is 0 Å². The van der Waals surface area contributed by atoms with Gasteiger partial charge in [-0.2, -0.15) is 5.10 Å². The zero-order chi connectivity index (χ0) is 14.7. The highest BCUT2D eigenvalue weighted by Gasteiger charge is 2.12. The van der Waals surface area contributed by atoms with Crippen molar-refractivity contribution >= 4 is 23.0 Å². The molecule has 4 N–H and O–H groups in total. The first-order valence-corrected chi connectivity index (χ1v) is 6.66. The third kappa shape index (κ3) is 3.18. The Labute approximate surface area is 119 Å². The lowest BCUT2D eigenvalue weighted by molar-refractivity contribution is 0.628. The SMILES string of the molecule is C/C(=N\N=C(N)N)c1sc(-c2cccc(F)c2)nc1C. The standard InChI is InChI=1S/C13H14FN5S/c1-7-11(8(2)18-19-13(15)16)20-12(17-7)9-4-3-5-10(14)6-9/h3-6H,1-2H3,(H4,15,16,19)/b18-8+. The summed E-state index contributed by atoms with van der Waals surface area (Å²) >= 11 is 1.42. The molecule has 1 heterocycles. The smallest absolute Gasteiger partial charge is 0.211 e. The number of aromatic nitrogens is 1. The van der Waals surface area contributed by atoms with Gasteiger partial charge in [-0.05, 0) is 26.0 Å². The Bertz CT molecular complexity index is 686. The van der Waals surface area contributed by atoms with E-state index in [0.717, 1.165) is 21.1 Å². The lowest BCUT2D eigenvalue weighted by atomic mass is 10.2. The largest absolute Gasteiger partial charge is 0.369 e. The average molecular weight is 291 g/mol. The van der Waals surface area contributed by atoms with Gasteiger partial charge in [-0.3, -0.25) is 0 Å². The van der Waals surface area contributed by atoms with Crippen LogP contribution >= 0.6 is 11.3 Å². The van der Waals surface area contributed by atoms with E-state index in [1.165, 1.54) is 23.5 Å². The maximum absolute atomic E-state index is 13.2. The molecule has 7 heteroatoms. The van der Waals surface area contributed by atoms with E-state index in [-0.39, 0.29) is 11.8 Å². The van der Waals surface area contributed by atoms with E-state index in [4.69, 9.17) is 11.5 Å². The lowest BCUT2D eigenvalue weighted by Crippen LogP contribution is -2.22. The van der Waals surface area contributed by atoms with Crippen molar-refractivity contribution in [1.29, 1.82) is 0 Å². The number of thiazole rings is 1. The van der Waals surface area contributed by atoms with Gasteiger partial charge >= 0.3 is 0 Å². The fourth-order valence-electron chi connectivity index (χ4n) is 1.66. The zero-order valence-electron chi connectivity index (χ0n) is 11.1. The van der Waals surface area contributed by atoms with Gasteiger partial charge in [0.2, 0.25) is 5.96 Å². The minimum absolute atomic E-state index is 0.100. The molecule has 2 aromatic rings. The summed E-state index contributed by atoms with van der Waals surface area (Å²) < 4.78 is 13.2. The second-order valence-corrected chi connectivity index (χ2v) is 5.15. The van der Waals surface area contributed by atoms with Crippen LogP contribution in [0.2, 0.25) is 0 Å². The molecule has 20 heavy (non-hydrogen) atoms. The monoisotopic (exact) mass is 291 g/mol. The molecule has 5 nitrogen and oxygen atoms in total. The summed E-state index contributed by atoms with van der Waals surface area (Å²) in [6.07, 6.45) is 0. The normalized spacial score (nSPS) is 11.4. The molecule has 0 radical (unpaired) electrons. The van der Waals surface area contributed by atoms with Gasteiger partial charge in [0.05, 0.1) is 16.3 Å². The van der Waals surface area contributed by atoms with E-state index < -0.39 is 0 Å². The summed E-state index contributed by atoms with van der Waals surface area (Å²) in [7, 11) is 0. The number of hydrogen-bond acceptors (Lipinski definition) is 4. The Balaban J connectivity index is 2.40. The summed E-state index contributed by atoms with van der Waals surface area (Å²) in [5.74, 6) is -0.389. The molecular weight excluding hydrogens is 277 g/mol. The van der Waals surface area contributed by atoms with Gasteiger partial charge in [0.1, 0.15) is 10.8 Å². The Morgan fingerprint density at radius 3 is 2.70 bits per heavy atom. The van der Waals surface area contributed by atoms with Crippen molar-refractivity contribution in [3.63, 3.8) is 0 Å². The molecule has 0 fully saturated rings. The minimum atomic E-state index is -0.289. The van der Waals surface area contributed by atoms with Gasteiger partial charge in [0, 0.05) is 5.56 Å². The molecule has 2 rings (SSSR count). The molecule has 0 unspecified atom stereocenters. The van der Waals surface area contributed by atoms with Crippen LogP contribution in [0.25, 0.3) is 10.6 Å². The molecular formula is C13H14FN5S. The quantitative estimate of drug-likeness (QED) is 0.516. The topological polar surface area (TPSA) is 89.6 Å². The maximum atomic E-state index is 13.2. The highest BCUT2D eigenvalue weighted by Crippen LogP contribution is 2.28. The number of benzene rings is 1. The number of guanidine groups is 1. The predicted molar refractivity (Wildman–Crippen MR) is 80.3 cm³/mol. The predicted octanol–water partition coefficient (Wildman–Crippen LogP) is 2.26. The van der Waals surface area contributed by atoms with Crippen molar-refractivity contribution in [3.8, 4) is 10.6 Å². The molecule has 0 saturated heterocycles. The fraction of sp³-hybridized carbons (Fsp3) is 0.154. The number of halogens is 1. The second kappa shape index (κ2) is 5.79. The van der Waals surface area contributed by atoms with Crippen LogP contribution in [0.4, 0.5) is 4.39 Å². The molecule has 1 aromatic carbocycles. The first kappa shape index (κ1) is 14.1. The van der Waals surface area contributed by atoms with Gasteiger partial charge < -0.3 is 11.5 Å². The Hall–Kier alpha value is -2.28. The first-order chi connectivity index (χ1) is 9.47. The average Bonchev–Trinajstić information content (AvgIpc) is 2.78. The van der Waals surface area contributed by atoms with Crippen molar-refractivity contribution in [1.82, 2.24) is 4.98 Å². The van der Waals surface area contributed by atoms with Crippen LogP contribution in [0, 0.1) is 12.7 Å². The molecule has 0 amide bonds. The van der Waals surface area contributed by atoms with Crippen molar-refractivity contribution in [2.75, 3.05) is 0 Å². The van der Waals surface area contributed by atoms with Crippen LogP contribution in [0.3, 0.4) is 0 Å². The number of nitrogens with zero attached hydrogens (tertiary/aromatic N) is 3. The number of aryl methyl sites for hydroxylation is 1. The molecule has 0 saturated carbocycles. The van der Waals surface area contributed by atoms with Crippen LogP contribution in [0.15, 0.2) is 34.5 Å². The van der Waals surface area contributed by atoms with Gasteiger partial charge in [-0.25, -0.2) is 9.37 Å². The number of rotatable bonds is 3. The third-order valence-corrected chi connectivity index (χ3v) is 3.83. The lowest BCUT2D eigenvalue weighted by Gasteiger charge is -1.95. The summed E-state index contributed by atoms with van der Waals surface area (Å²) in [5.41, 5.74) is 12.7. The van der Waals surface area contributed by atoms with Crippen LogP contribution in [-0.4, -0.2) is 16.7 Å².